The maximum atomic E-state index is 12.3. The monoisotopic (exact) mass is 354 g/mol. The predicted octanol–water partition coefficient (Wildman–Crippen LogP) is 3.40. The molecule has 1 aliphatic heterocycles. The van der Waals surface area contributed by atoms with Gasteiger partial charge in [0, 0.05) is 23.5 Å². The molecule has 1 amide bonds. The van der Waals surface area contributed by atoms with E-state index in [4.69, 9.17) is 0 Å². The van der Waals surface area contributed by atoms with Crippen molar-refractivity contribution in [1.29, 1.82) is 0 Å². The maximum Gasteiger partial charge on any atom is 0.446 e. The smallest absolute Gasteiger partial charge is 0.338 e. The van der Waals surface area contributed by atoms with E-state index in [-0.39, 0.29) is 35.0 Å². The molecule has 1 aromatic carbocycles. The average Bonchev–Trinajstić information content (AvgIpc) is 2.86. The third-order valence-corrected chi connectivity index (χ3v) is 4.14. The molecule has 0 radical (unpaired) electrons. The van der Waals surface area contributed by atoms with Crippen molar-refractivity contribution >= 4 is 30.1 Å². The molecule has 1 aromatic rings. The topological polar surface area (TPSA) is 32.3 Å². The number of nitrogens with one attached hydrogen (secondary N) is 1. The molecule has 3 nitrogen and oxygen atoms in total. The van der Waals surface area contributed by atoms with Gasteiger partial charge in [-0.15, -0.1) is 12.4 Å². The molecule has 1 aliphatic rings. The van der Waals surface area contributed by atoms with Crippen LogP contribution in [0, 0.1) is 5.92 Å². The lowest BCUT2D eigenvalue weighted by molar-refractivity contribution is -0.0328. The molecular weight excluding hydrogens is 337 g/mol. The van der Waals surface area contributed by atoms with Crippen molar-refractivity contribution in [3.05, 3.63) is 29.8 Å². The number of thioether (sulfide) groups is 1. The lowest BCUT2D eigenvalue weighted by Crippen LogP contribution is -2.30. The van der Waals surface area contributed by atoms with Crippen LogP contribution >= 0.6 is 24.2 Å². The maximum absolute atomic E-state index is 12.3. The minimum absolute atomic E-state index is 0. The Balaban J connectivity index is 0.00000242. The molecule has 0 spiro atoms. The van der Waals surface area contributed by atoms with Crippen molar-refractivity contribution in [3.8, 4) is 0 Å². The zero-order valence-corrected chi connectivity index (χ0v) is 13.7. The first kappa shape index (κ1) is 19.1. The number of alkyl halides is 3. The fraction of sp³-hybridized carbons (Fsp3) is 0.500. The average molecular weight is 355 g/mol. The van der Waals surface area contributed by atoms with Gasteiger partial charge in [0.05, 0.1) is 0 Å². The summed E-state index contributed by atoms with van der Waals surface area (Å²) in [5.41, 5.74) is -3.87. The summed E-state index contributed by atoms with van der Waals surface area (Å²) in [7, 11) is 1.88. The molecule has 0 bridgehead atoms. The van der Waals surface area contributed by atoms with Gasteiger partial charge in [0.25, 0.3) is 5.91 Å². The number of carbonyl (C=O) groups is 1. The van der Waals surface area contributed by atoms with Gasteiger partial charge in [-0.2, -0.15) is 13.2 Å². The fourth-order valence-electron chi connectivity index (χ4n) is 2.45. The molecule has 1 N–H and O–H groups in total. The van der Waals surface area contributed by atoms with Crippen molar-refractivity contribution < 1.29 is 18.0 Å². The van der Waals surface area contributed by atoms with Crippen LogP contribution in [0.25, 0.3) is 0 Å². The standard InChI is InChI=1S/C14H17F3N2OS.ClH/c1-18-8-10-6-7-19(9-10)13(20)11-2-4-12(5-3-11)21-14(15,16)17;/h2-5,10,18H,6-9H2,1H3;1H. The number of benzene rings is 1. The van der Waals surface area contributed by atoms with Crippen molar-refractivity contribution in [2.75, 3.05) is 26.7 Å². The van der Waals surface area contributed by atoms with E-state index in [0.29, 0.717) is 24.6 Å². The lowest BCUT2D eigenvalue weighted by atomic mass is 10.1. The summed E-state index contributed by atoms with van der Waals surface area (Å²) >= 11 is -0.173. The highest BCUT2D eigenvalue weighted by Crippen LogP contribution is 2.36. The predicted molar refractivity (Wildman–Crippen MR) is 83.5 cm³/mol. The number of nitrogens with zero attached hydrogens (tertiary/aromatic N) is 1. The molecule has 1 atom stereocenters. The Morgan fingerprint density at radius 2 is 2.00 bits per heavy atom. The highest BCUT2D eigenvalue weighted by atomic mass is 35.5. The van der Waals surface area contributed by atoms with Gasteiger partial charge in [-0.3, -0.25) is 4.79 Å². The first-order valence-electron chi connectivity index (χ1n) is 6.69. The van der Waals surface area contributed by atoms with E-state index in [9.17, 15) is 18.0 Å². The molecule has 1 fully saturated rings. The second kappa shape index (κ2) is 8.08. The molecule has 0 aliphatic carbocycles. The summed E-state index contributed by atoms with van der Waals surface area (Å²) in [5, 5.41) is 3.09. The highest BCUT2D eigenvalue weighted by Gasteiger charge is 2.30. The van der Waals surface area contributed by atoms with Gasteiger partial charge in [-0.05, 0) is 62.0 Å². The van der Waals surface area contributed by atoms with E-state index in [1.54, 1.807) is 4.90 Å². The van der Waals surface area contributed by atoms with Crippen molar-refractivity contribution in [2.24, 2.45) is 5.92 Å². The number of likely N-dealkylation sites (tertiary alicyclic amines) is 1. The summed E-state index contributed by atoms with van der Waals surface area (Å²) in [5.74, 6) is 0.330. The summed E-state index contributed by atoms with van der Waals surface area (Å²) in [6, 6.07) is 5.60. The van der Waals surface area contributed by atoms with Gasteiger partial charge < -0.3 is 10.2 Å². The Hall–Kier alpha value is -0.920. The summed E-state index contributed by atoms with van der Waals surface area (Å²) < 4.78 is 36.7. The highest BCUT2D eigenvalue weighted by molar-refractivity contribution is 8.00. The van der Waals surface area contributed by atoms with Crippen LogP contribution in [0.5, 0.6) is 0 Å². The number of carbonyl (C=O) groups excluding carboxylic acids is 1. The Bertz CT molecular complexity index is 496. The Labute approximate surface area is 138 Å². The van der Waals surface area contributed by atoms with Gasteiger partial charge >= 0.3 is 5.51 Å². The molecule has 1 heterocycles. The number of halogens is 4. The van der Waals surface area contributed by atoms with E-state index < -0.39 is 5.51 Å². The molecule has 2 rings (SSSR count). The van der Waals surface area contributed by atoms with E-state index in [2.05, 4.69) is 5.32 Å². The molecule has 0 aromatic heterocycles. The molecule has 0 saturated carbocycles. The molecule has 8 heteroatoms. The SMILES string of the molecule is CNCC1CCN(C(=O)c2ccc(SC(F)(F)F)cc2)C1.Cl. The Morgan fingerprint density at radius 1 is 1.36 bits per heavy atom. The van der Waals surface area contributed by atoms with Gasteiger partial charge in [-0.1, -0.05) is 0 Å². The molecular formula is C14H18ClF3N2OS. The normalized spacial score (nSPS) is 18.2. The minimum atomic E-state index is -4.30. The van der Waals surface area contributed by atoms with Crippen LogP contribution < -0.4 is 5.32 Å². The van der Waals surface area contributed by atoms with Crippen LogP contribution in [0.4, 0.5) is 13.2 Å². The number of rotatable bonds is 4. The summed E-state index contributed by atoms with van der Waals surface area (Å²) in [6.45, 7) is 2.26. The van der Waals surface area contributed by atoms with Crippen molar-refractivity contribution in [3.63, 3.8) is 0 Å². The molecule has 1 unspecified atom stereocenters. The number of amides is 1. The van der Waals surface area contributed by atoms with Crippen LogP contribution in [0.3, 0.4) is 0 Å². The second-order valence-corrected chi connectivity index (χ2v) is 6.17. The first-order chi connectivity index (χ1) is 9.89. The van der Waals surface area contributed by atoms with Crippen molar-refractivity contribution in [2.45, 2.75) is 16.8 Å². The van der Waals surface area contributed by atoms with Crippen LogP contribution in [0.1, 0.15) is 16.8 Å². The van der Waals surface area contributed by atoms with E-state index in [1.807, 2.05) is 7.05 Å². The van der Waals surface area contributed by atoms with E-state index in [0.717, 1.165) is 13.0 Å². The quantitative estimate of drug-likeness (QED) is 0.841. The first-order valence-corrected chi connectivity index (χ1v) is 7.50. The van der Waals surface area contributed by atoms with Gasteiger partial charge in [0.15, 0.2) is 0 Å². The van der Waals surface area contributed by atoms with Crippen LogP contribution in [-0.2, 0) is 0 Å². The second-order valence-electron chi connectivity index (χ2n) is 5.04. The third kappa shape index (κ3) is 5.37. The van der Waals surface area contributed by atoms with Crippen LogP contribution in [-0.4, -0.2) is 43.0 Å². The summed E-state index contributed by atoms with van der Waals surface area (Å²) in [4.78, 5) is 14.1. The number of hydrogen-bond acceptors (Lipinski definition) is 3. The van der Waals surface area contributed by atoms with Crippen LogP contribution in [0.15, 0.2) is 29.2 Å². The Morgan fingerprint density at radius 3 is 2.55 bits per heavy atom. The zero-order chi connectivity index (χ0) is 15.5. The van der Waals surface area contributed by atoms with Gasteiger partial charge in [0.1, 0.15) is 0 Å². The van der Waals surface area contributed by atoms with Crippen molar-refractivity contribution in [1.82, 2.24) is 10.2 Å². The fourth-order valence-corrected chi connectivity index (χ4v) is 2.99. The third-order valence-electron chi connectivity index (χ3n) is 3.40. The number of hydrogen-bond donors (Lipinski definition) is 1. The Kier molecular flexibility index (Phi) is 7.02. The van der Waals surface area contributed by atoms with E-state index >= 15 is 0 Å². The van der Waals surface area contributed by atoms with E-state index in [1.165, 1.54) is 24.3 Å². The largest absolute Gasteiger partial charge is 0.446 e. The lowest BCUT2D eigenvalue weighted by Gasteiger charge is -2.17. The van der Waals surface area contributed by atoms with Crippen LogP contribution in [0.2, 0.25) is 0 Å². The minimum Gasteiger partial charge on any atom is -0.338 e. The molecule has 1 saturated heterocycles. The van der Waals surface area contributed by atoms with Gasteiger partial charge in [-0.25, -0.2) is 0 Å². The van der Waals surface area contributed by atoms with Gasteiger partial charge in [0.2, 0.25) is 0 Å². The molecule has 22 heavy (non-hydrogen) atoms. The molecule has 124 valence electrons. The zero-order valence-electron chi connectivity index (χ0n) is 12.0. The summed E-state index contributed by atoms with van der Waals surface area (Å²) in [6.07, 6.45) is 0.953.